The number of benzene rings is 1. The zero-order valence-corrected chi connectivity index (χ0v) is 10.5. The van der Waals surface area contributed by atoms with E-state index in [0.717, 1.165) is 25.9 Å². The number of para-hydroxylation sites is 1. The van der Waals surface area contributed by atoms with Gasteiger partial charge in [0.05, 0.1) is 4.92 Å². The summed E-state index contributed by atoms with van der Waals surface area (Å²) in [6.07, 6.45) is 5.85. The molecule has 0 atom stereocenters. The Morgan fingerprint density at radius 1 is 1.11 bits per heavy atom. The fourth-order valence-electron chi connectivity index (χ4n) is 2.49. The molecular weight excluding hydrogens is 230 g/mol. The van der Waals surface area contributed by atoms with Gasteiger partial charge in [0.25, 0.3) is 0 Å². The molecule has 1 aromatic rings. The van der Waals surface area contributed by atoms with Crippen molar-refractivity contribution in [1.29, 1.82) is 0 Å². The van der Waals surface area contributed by atoms with Crippen molar-refractivity contribution in [2.24, 2.45) is 0 Å². The van der Waals surface area contributed by atoms with Gasteiger partial charge in [-0.15, -0.1) is 0 Å². The van der Waals surface area contributed by atoms with E-state index in [4.69, 9.17) is 5.73 Å². The molecule has 0 bridgehead atoms. The van der Waals surface area contributed by atoms with E-state index >= 15 is 0 Å². The van der Waals surface area contributed by atoms with Crippen LogP contribution in [0.5, 0.6) is 0 Å². The number of anilines is 2. The lowest BCUT2D eigenvalue weighted by Gasteiger charge is -2.26. The van der Waals surface area contributed by atoms with Crippen molar-refractivity contribution in [2.75, 3.05) is 23.7 Å². The van der Waals surface area contributed by atoms with Crippen molar-refractivity contribution < 1.29 is 4.92 Å². The van der Waals surface area contributed by atoms with Crippen molar-refractivity contribution in [2.45, 2.75) is 32.1 Å². The molecule has 0 amide bonds. The first-order valence-electron chi connectivity index (χ1n) is 6.48. The van der Waals surface area contributed by atoms with Crippen molar-refractivity contribution in [3.8, 4) is 0 Å². The lowest BCUT2D eigenvalue weighted by molar-refractivity contribution is -0.383. The quantitative estimate of drug-likeness (QED) is 0.497. The highest BCUT2D eigenvalue weighted by atomic mass is 16.6. The van der Waals surface area contributed by atoms with E-state index in [1.54, 1.807) is 18.2 Å². The number of hydrogen-bond acceptors (Lipinski definition) is 4. The third kappa shape index (κ3) is 2.72. The Kier molecular flexibility index (Phi) is 4.02. The molecule has 1 aromatic carbocycles. The smallest absolute Gasteiger partial charge is 0.315 e. The molecule has 0 aliphatic carbocycles. The molecule has 5 heteroatoms. The highest BCUT2D eigenvalue weighted by molar-refractivity contribution is 5.75. The Labute approximate surface area is 107 Å². The van der Waals surface area contributed by atoms with E-state index in [1.807, 2.05) is 0 Å². The van der Waals surface area contributed by atoms with E-state index in [0.29, 0.717) is 5.69 Å². The van der Waals surface area contributed by atoms with Gasteiger partial charge in [-0.1, -0.05) is 25.3 Å². The van der Waals surface area contributed by atoms with Crippen LogP contribution in [-0.4, -0.2) is 18.0 Å². The number of nitro benzene ring substituents is 1. The van der Waals surface area contributed by atoms with E-state index in [1.165, 1.54) is 19.3 Å². The number of hydrogen-bond donors (Lipinski definition) is 1. The summed E-state index contributed by atoms with van der Waals surface area (Å²) in [4.78, 5) is 12.9. The van der Waals surface area contributed by atoms with Crippen LogP contribution in [0, 0.1) is 10.1 Å². The number of rotatable bonds is 2. The summed E-state index contributed by atoms with van der Waals surface area (Å²) >= 11 is 0. The topological polar surface area (TPSA) is 72.4 Å². The Balaban J connectivity index is 2.30. The lowest BCUT2D eigenvalue weighted by Crippen LogP contribution is -2.27. The summed E-state index contributed by atoms with van der Waals surface area (Å²) in [5.74, 6) is 0. The zero-order chi connectivity index (χ0) is 13.0. The van der Waals surface area contributed by atoms with Crippen molar-refractivity contribution in [1.82, 2.24) is 0 Å². The maximum Gasteiger partial charge on any atom is 0.315 e. The molecule has 2 N–H and O–H groups in total. The minimum absolute atomic E-state index is 0.0538. The molecule has 0 saturated carbocycles. The van der Waals surface area contributed by atoms with E-state index in [9.17, 15) is 10.1 Å². The summed E-state index contributed by atoms with van der Waals surface area (Å²) < 4.78 is 0. The van der Waals surface area contributed by atoms with E-state index in [2.05, 4.69) is 4.90 Å². The maximum absolute atomic E-state index is 11.1. The van der Waals surface area contributed by atoms with Gasteiger partial charge in [-0.05, 0) is 25.0 Å². The van der Waals surface area contributed by atoms with Crippen LogP contribution in [0.4, 0.5) is 17.1 Å². The third-order valence-corrected chi connectivity index (χ3v) is 3.43. The molecular formula is C13H19N3O2. The van der Waals surface area contributed by atoms with Gasteiger partial charge >= 0.3 is 5.69 Å². The molecule has 1 fully saturated rings. The van der Waals surface area contributed by atoms with E-state index < -0.39 is 0 Å². The molecule has 1 aliphatic heterocycles. The molecule has 0 unspecified atom stereocenters. The highest BCUT2D eigenvalue weighted by Crippen LogP contribution is 2.34. The molecule has 2 rings (SSSR count). The lowest BCUT2D eigenvalue weighted by atomic mass is 10.1. The van der Waals surface area contributed by atoms with Crippen LogP contribution in [0.1, 0.15) is 32.1 Å². The SMILES string of the molecule is Nc1cccc(N2CCCCCCC2)c1[N+](=O)[O-]. The first-order valence-corrected chi connectivity index (χ1v) is 6.48. The highest BCUT2D eigenvalue weighted by Gasteiger charge is 2.22. The molecule has 18 heavy (non-hydrogen) atoms. The molecule has 1 heterocycles. The Morgan fingerprint density at radius 2 is 1.72 bits per heavy atom. The predicted molar refractivity (Wildman–Crippen MR) is 72.8 cm³/mol. The third-order valence-electron chi connectivity index (χ3n) is 3.43. The molecule has 98 valence electrons. The monoisotopic (exact) mass is 249 g/mol. The first-order chi connectivity index (χ1) is 8.70. The molecule has 1 aliphatic rings. The molecule has 1 saturated heterocycles. The largest absolute Gasteiger partial charge is 0.393 e. The summed E-state index contributed by atoms with van der Waals surface area (Å²) in [6, 6.07) is 5.18. The normalized spacial score (nSPS) is 17.0. The van der Waals surface area contributed by atoms with Crippen LogP contribution in [0.3, 0.4) is 0 Å². The van der Waals surface area contributed by atoms with Gasteiger partial charge in [0.15, 0.2) is 0 Å². The second-order valence-corrected chi connectivity index (χ2v) is 4.73. The van der Waals surface area contributed by atoms with Crippen molar-refractivity contribution in [3.05, 3.63) is 28.3 Å². The van der Waals surface area contributed by atoms with Gasteiger partial charge in [0.1, 0.15) is 11.4 Å². The minimum atomic E-state index is -0.372. The molecule has 0 aromatic heterocycles. The maximum atomic E-state index is 11.1. The van der Waals surface area contributed by atoms with Gasteiger partial charge < -0.3 is 10.6 Å². The fourth-order valence-corrected chi connectivity index (χ4v) is 2.49. The van der Waals surface area contributed by atoms with Crippen LogP contribution in [0.25, 0.3) is 0 Å². The number of nitrogen functional groups attached to an aromatic ring is 1. The molecule has 0 spiro atoms. The average molecular weight is 249 g/mol. The number of nitro groups is 1. The summed E-state index contributed by atoms with van der Waals surface area (Å²) in [5.41, 5.74) is 6.70. The van der Waals surface area contributed by atoms with Crippen LogP contribution >= 0.6 is 0 Å². The predicted octanol–water partition coefficient (Wildman–Crippen LogP) is 2.95. The van der Waals surface area contributed by atoms with Crippen LogP contribution in [-0.2, 0) is 0 Å². The fraction of sp³-hybridized carbons (Fsp3) is 0.538. The number of nitrogens with two attached hydrogens (primary N) is 1. The molecule has 5 nitrogen and oxygen atoms in total. The van der Waals surface area contributed by atoms with Crippen molar-refractivity contribution >= 4 is 17.1 Å². The van der Waals surface area contributed by atoms with Crippen LogP contribution in [0.15, 0.2) is 18.2 Å². The summed E-state index contributed by atoms with van der Waals surface area (Å²) in [6.45, 7) is 1.76. The number of nitrogens with zero attached hydrogens (tertiary/aromatic N) is 2. The summed E-state index contributed by atoms with van der Waals surface area (Å²) in [5, 5.41) is 11.1. The Morgan fingerprint density at radius 3 is 2.33 bits per heavy atom. The van der Waals surface area contributed by atoms with Gasteiger partial charge in [0.2, 0.25) is 0 Å². The van der Waals surface area contributed by atoms with Gasteiger partial charge in [-0.2, -0.15) is 0 Å². The minimum Gasteiger partial charge on any atom is -0.393 e. The Bertz CT molecular complexity index is 426. The van der Waals surface area contributed by atoms with Crippen LogP contribution in [0.2, 0.25) is 0 Å². The van der Waals surface area contributed by atoms with Crippen molar-refractivity contribution in [3.63, 3.8) is 0 Å². The summed E-state index contributed by atoms with van der Waals surface area (Å²) in [7, 11) is 0. The zero-order valence-electron chi connectivity index (χ0n) is 10.5. The van der Waals surface area contributed by atoms with Crippen LogP contribution < -0.4 is 10.6 Å². The van der Waals surface area contributed by atoms with Gasteiger partial charge in [-0.3, -0.25) is 10.1 Å². The first kappa shape index (κ1) is 12.7. The average Bonchev–Trinajstić information content (AvgIpc) is 2.27. The standard InChI is InChI=1S/C13H19N3O2/c14-11-7-6-8-12(13(11)16(17)18)15-9-4-2-1-3-5-10-15/h6-8H,1-5,9-10,14H2. The van der Waals surface area contributed by atoms with E-state index in [-0.39, 0.29) is 16.3 Å². The second kappa shape index (κ2) is 5.71. The Hall–Kier alpha value is -1.78. The van der Waals surface area contributed by atoms with Gasteiger partial charge in [0, 0.05) is 13.1 Å². The second-order valence-electron chi connectivity index (χ2n) is 4.73. The molecule has 0 radical (unpaired) electrons. The van der Waals surface area contributed by atoms with Gasteiger partial charge in [-0.25, -0.2) is 0 Å².